The third-order valence-corrected chi connectivity index (χ3v) is 6.85. The summed E-state index contributed by atoms with van der Waals surface area (Å²) in [4.78, 5) is 14.8. The van der Waals surface area contributed by atoms with Gasteiger partial charge >= 0.3 is 0 Å². The van der Waals surface area contributed by atoms with E-state index < -0.39 is 10.0 Å². The summed E-state index contributed by atoms with van der Waals surface area (Å²) in [5.41, 5.74) is 0.849. The van der Waals surface area contributed by atoms with Crippen molar-refractivity contribution in [3.8, 4) is 0 Å². The van der Waals surface area contributed by atoms with Crippen LogP contribution >= 0.6 is 0 Å². The molecule has 2 atom stereocenters. The van der Waals surface area contributed by atoms with Crippen molar-refractivity contribution in [2.45, 2.75) is 38.8 Å². The first kappa shape index (κ1) is 20.0. The summed E-state index contributed by atoms with van der Waals surface area (Å²) < 4.78 is 32.2. The lowest BCUT2D eigenvalue weighted by Crippen LogP contribution is -2.53. The van der Waals surface area contributed by atoms with Gasteiger partial charge < -0.3 is 9.64 Å². The lowest BCUT2D eigenvalue weighted by atomic mass is 9.95. The molecule has 2 saturated heterocycles. The Morgan fingerprint density at radius 2 is 1.81 bits per heavy atom. The second-order valence-corrected chi connectivity index (χ2v) is 9.23. The van der Waals surface area contributed by atoms with Crippen molar-refractivity contribution < 1.29 is 17.9 Å². The molecule has 2 fully saturated rings. The zero-order valence-corrected chi connectivity index (χ0v) is 16.8. The first-order valence-electron chi connectivity index (χ1n) is 9.52. The zero-order valence-electron chi connectivity index (χ0n) is 16.0. The summed E-state index contributed by atoms with van der Waals surface area (Å²) in [7, 11) is -3.47. The number of nitrogens with zero attached hydrogens (tertiary/aromatic N) is 2. The minimum absolute atomic E-state index is 0.0498. The lowest BCUT2D eigenvalue weighted by Gasteiger charge is -2.40. The number of hydrogen-bond acceptors (Lipinski definition) is 4. The van der Waals surface area contributed by atoms with Crippen molar-refractivity contribution in [1.29, 1.82) is 0 Å². The van der Waals surface area contributed by atoms with E-state index >= 15 is 0 Å². The number of sulfonamides is 1. The van der Waals surface area contributed by atoms with Gasteiger partial charge in [-0.25, -0.2) is 8.42 Å². The number of ether oxygens (including phenoxy) is 1. The van der Waals surface area contributed by atoms with Crippen molar-refractivity contribution in [1.82, 2.24) is 9.21 Å². The van der Waals surface area contributed by atoms with Crippen molar-refractivity contribution in [2.75, 3.05) is 26.2 Å². The summed E-state index contributed by atoms with van der Waals surface area (Å²) in [6.45, 7) is 5.90. The van der Waals surface area contributed by atoms with Gasteiger partial charge in [0.05, 0.1) is 18.8 Å². The van der Waals surface area contributed by atoms with E-state index in [-0.39, 0.29) is 24.0 Å². The zero-order chi connectivity index (χ0) is 19.4. The van der Waals surface area contributed by atoms with Gasteiger partial charge in [-0.3, -0.25) is 4.79 Å². The van der Waals surface area contributed by atoms with Gasteiger partial charge in [0.25, 0.3) is 0 Å². The Hall–Kier alpha value is -1.70. The van der Waals surface area contributed by atoms with Crippen LogP contribution in [0.3, 0.4) is 0 Å². The molecule has 2 aliphatic heterocycles. The lowest BCUT2D eigenvalue weighted by molar-refractivity contribution is -0.148. The molecule has 2 aliphatic rings. The highest BCUT2D eigenvalue weighted by Crippen LogP contribution is 2.25. The van der Waals surface area contributed by atoms with Crippen LogP contribution in [-0.4, -0.2) is 61.9 Å². The normalized spacial score (nSPS) is 25.8. The average molecular weight is 393 g/mol. The fourth-order valence-corrected chi connectivity index (χ4v) is 4.84. The third-order valence-electron chi connectivity index (χ3n) is 5.29. The van der Waals surface area contributed by atoms with Crippen molar-refractivity contribution in [2.24, 2.45) is 5.92 Å². The summed E-state index contributed by atoms with van der Waals surface area (Å²) >= 11 is 0. The fraction of sp³-hybridized carbons (Fsp3) is 0.550. The number of hydrogen-bond donors (Lipinski definition) is 0. The molecule has 148 valence electrons. The van der Waals surface area contributed by atoms with Crippen LogP contribution in [0.25, 0.3) is 6.08 Å². The Morgan fingerprint density at radius 1 is 1.15 bits per heavy atom. The molecule has 3 rings (SSSR count). The molecule has 0 bridgehead atoms. The molecule has 1 aromatic rings. The van der Waals surface area contributed by atoms with E-state index in [1.165, 1.54) is 9.71 Å². The van der Waals surface area contributed by atoms with Crippen molar-refractivity contribution in [3.63, 3.8) is 0 Å². The molecule has 0 aromatic heterocycles. The third kappa shape index (κ3) is 4.97. The van der Waals surface area contributed by atoms with E-state index in [1.807, 2.05) is 49.1 Å². The molecule has 1 amide bonds. The molecule has 0 N–H and O–H groups in total. The summed E-state index contributed by atoms with van der Waals surface area (Å²) in [5.74, 6) is 0.0248. The molecule has 27 heavy (non-hydrogen) atoms. The van der Waals surface area contributed by atoms with Crippen molar-refractivity contribution in [3.05, 3.63) is 41.3 Å². The van der Waals surface area contributed by atoms with E-state index in [4.69, 9.17) is 4.74 Å². The molecule has 0 spiro atoms. The monoisotopic (exact) mass is 392 g/mol. The highest BCUT2D eigenvalue weighted by molar-refractivity contribution is 7.92. The largest absolute Gasteiger partial charge is 0.375 e. The maximum Gasteiger partial charge on any atom is 0.236 e. The SMILES string of the molecule is CC1CN(C(=O)C2CCN(S(=O)(=O)/C=C/c3ccccc3)CC2)C(C)CO1. The van der Waals surface area contributed by atoms with E-state index in [2.05, 4.69) is 0 Å². The summed E-state index contributed by atoms with van der Waals surface area (Å²) in [6.07, 6.45) is 2.79. The Labute approximate surface area is 161 Å². The van der Waals surface area contributed by atoms with Gasteiger partial charge in [0, 0.05) is 31.0 Å². The molecular formula is C20H28N2O4S. The van der Waals surface area contributed by atoms with Gasteiger partial charge in [-0.05, 0) is 38.3 Å². The van der Waals surface area contributed by atoms with E-state index in [9.17, 15) is 13.2 Å². The van der Waals surface area contributed by atoms with Crippen LogP contribution in [0, 0.1) is 5.92 Å². The highest BCUT2D eigenvalue weighted by atomic mass is 32.2. The van der Waals surface area contributed by atoms with Crippen LogP contribution in [0.2, 0.25) is 0 Å². The minimum Gasteiger partial charge on any atom is -0.375 e. The van der Waals surface area contributed by atoms with Crippen molar-refractivity contribution >= 4 is 22.0 Å². The van der Waals surface area contributed by atoms with E-state index in [0.717, 1.165) is 5.56 Å². The predicted molar refractivity (Wildman–Crippen MR) is 105 cm³/mol. The van der Waals surface area contributed by atoms with Crippen LogP contribution in [0.5, 0.6) is 0 Å². The second-order valence-electron chi connectivity index (χ2n) is 7.42. The number of piperidine rings is 1. The number of carbonyl (C=O) groups is 1. The minimum atomic E-state index is -3.47. The maximum atomic E-state index is 12.9. The second kappa shape index (κ2) is 8.54. The fourth-order valence-electron chi connectivity index (χ4n) is 3.62. The van der Waals surface area contributed by atoms with Crippen LogP contribution in [-0.2, 0) is 19.6 Å². The van der Waals surface area contributed by atoms with Crippen LogP contribution in [0.15, 0.2) is 35.7 Å². The Balaban J connectivity index is 1.58. The molecular weight excluding hydrogens is 364 g/mol. The molecule has 7 heteroatoms. The van der Waals surface area contributed by atoms with Gasteiger partial charge in [0.1, 0.15) is 0 Å². The maximum absolute atomic E-state index is 12.9. The molecule has 0 saturated carbocycles. The standard InChI is InChI=1S/C20H28N2O4S/c1-16-15-26-17(2)14-22(16)20(23)19-8-11-21(12-9-19)27(24,25)13-10-18-6-4-3-5-7-18/h3-7,10,13,16-17,19H,8-9,11-12,14-15H2,1-2H3/b13-10+. The van der Waals surface area contributed by atoms with Gasteiger partial charge in [-0.15, -0.1) is 0 Å². The topological polar surface area (TPSA) is 66.9 Å². The number of morpholine rings is 1. The van der Waals surface area contributed by atoms with Crippen LogP contribution in [0.4, 0.5) is 0 Å². The number of amides is 1. The van der Waals surface area contributed by atoms with Gasteiger partial charge in [0.2, 0.25) is 15.9 Å². The molecule has 6 nitrogen and oxygen atoms in total. The number of benzene rings is 1. The first-order chi connectivity index (χ1) is 12.9. The molecule has 0 radical (unpaired) electrons. The van der Waals surface area contributed by atoms with Gasteiger partial charge in [0.15, 0.2) is 0 Å². The van der Waals surface area contributed by atoms with Crippen LogP contribution in [0.1, 0.15) is 32.3 Å². The van der Waals surface area contributed by atoms with Gasteiger partial charge in [-0.1, -0.05) is 30.3 Å². The Bertz CT molecular complexity index is 770. The quantitative estimate of drug-likeness (QED) is 0.789. The predicted octanol–water partition coefficient (Wildman–Crippen LogP) is 2.33. The van der Waals surface area contributed by atoms with Gasteiger partial charge in [-0.2, -0.15) is 4.31 Å². The molecule has 0 aliphatic carbocycles. The first-order valence-corrected chi connectivity index (χ1v) is 11.0. The Morgan fingerprint density at radius 3 is 2.48 bits per heavy atom. The highest BCUT2D eigenvalue weighted by Gasteiger charge is 2.35. The molecule has 1 aromatic carbocycles. The van der Waals surface area contributed by atoms with E-state index in [0.29, 0.717) is 39.1 Å². The number of carbonyl (C=O) groups excluding carboxylic acids is 1. The average Bonchev–Trinajstić information content (AvgIpc) is 2.69. The molecule has 2 unspecified atom stereocenters. The van der Waals surface area contributed by atoms with E-state index in [1.54, 1.807) is 6.08 Å². The smallest absolute Gasteiger partial charge is 0.236 e. The summed E-state index contributed by atoms with van der Waals surface area (Å²) in [6, 6.07) is 9.43. The Kier molecular flexibility index (Phi) is 6.34. The van der Waals surface area contributed by atoms with Crippen LogP contribution < -0.4 is 0 Å². The number of rotatable bonds is 4. The molecule has 2 heterocycles. The summed E-state index contributed by atoms with van der Waals surface area (Å²) in [5, 5.41) is 1.26.